The van der Waals surface area contributed by atoms with Crippen molar-refractivity contribution >= 4 is 22.0 Å². The summed E-state index contributed by atoms with van der Waals surface area (Å²) in [5, 5.41) is 12.6. The van der Waals surface area contributed by atoms with Crippen LogP contribution in [0.15, 0.2) is 47.4 Å². The van der Waals surface area contributed by atoms with Crippen molar-refractivity contribution in [1.82, 2.24) is 14.9 Å². The summed E-state index contributed by atoms with van der Waals surface area (Å²) in [4.78, 5) is 27.2. The number of likely N-dealkylation sites (tertiary alicyclic amines) is 1. The van der Waals surface area contributed by atoms with E-state index in [1.54, 1.807) is 43.9 Å². The largest absolute Gasteiger partial charge is 0.504 e. The number of alkyl carbamates (subject to hydrolysis) is 1. The van der Waals surface area contributed by atoms with Gasteiger partial charge in [0.1, 0.15) is 11.4 Å². The molecule has 39 heavy (non-hydrogen) atoms. The number of rotatable bonds is 10. The summed E-state index contributed by atoms with van der Waals surface area (Å²) in [5.41, 5.74) is -0.408. The number of carbonyl (C=O) groups excluding carboxylic acids is 2. The van der Waals surface area contributed by atoms with Gasteiger partial charge in [-0.3, -0.25) is 4.79 Å². The number of sulfonamides is 1. The van der Waals surface area contributed by atoms with Crippen LogP contribution in [0.4, 0.5) is 9.18 Å². The highest BCUT2D eigenvalue weighted by Gasteiger charge is 2.32. The molecule has 0 aromatic heterocycles. The van der Waals surface area contributed by atoms with Crippen LogP contribution in [0.3, 0.4) is 0 Å². The van der Waals surface area contributed by atoms with Crippen molar-refractivity contribution < 1.29 is 37.0 Å². The van der Waals surface area contributed by atoms with Gasteiger partial charge >= 0.3 is 6.09 Å². The van der Waals surface area contributed by atoms with Crippen molar-refractivity contribution in [3.63, 3.8) is 0 Å². The number of ether oxygens (including phenoxy) is 2. The number of hydrogen-bond acceptors (Lipinski definition) is 7. The minimum absolute atomic E-state index is 0.0294. The summed E-state index contributed by atoms with van der Waals surface area (Å²) >= 11 is 0. The summed E-state index contributed by atoms with van der Waals surface area (Å²) in [6.07, 6.45) is 0.496. The van der Waals surface area contributed by atoms with Crippen LogP contribution in [0.25, 0.3) is 0 Å². The third kappa shape index (κ3) is 8.56. The molecule has 1 aliphatic heterocycles. The third-order valence-corrected chi connectivity index (χ3v) is 7.65. The molecule has 10 nitrogen and oxygen atoms in total. The number of nitrogens with zero attached hydrogens (tertiary/aromatic N) is 1. The predicted molar refractivity (Wildman–Crippen MR) is 142 cm³/mol. The van der Waals surface area contributed by atoms with Crippen molar-refractivity contribution in [3.05, 3.63) is 53.8 Å². The van der Waals surface area contributed by atoms with Gasteiger partial charge in [0, 0.05) is 37.7 Å². The number of halogens is 1. The zero-order valence-electron chi connectivity index (χ0n) is 22.6. The van der Waals surface area contributed by atoms with Crippen molar-refractivity contribution in [2.24, 2.45) is 0 Å². The molecule has 1 heterocycles. The third-order valence-electron chi connectivity index (χ3n) is 6.23. The molecule has 12 heteroatoms. The van der Waals surface area contributed by atoms with E-state index >= 15 is 0 Å². The summed E-state index contributed by atoms with van der Waals surface area (Å²) in [6, 6.07) is 8.74. The summed E-state index contributed by atoms with van der Waals surface area (Å²) in [7, 11) is -2.61. The normalized spacial score (nSPS) is 16.5. The van der Waals surface area contributed by atoms with Crippen LogP contribution in [0, 0.1) is 5.82 Å². The summed E-state index contributed by atoms with van der Waals surface area (Å²) < 4.78 is 52.8. The van der Waals surface area contributed by atoms with E-state index in [0.29, 0.717) is 24.9 Å². The number of nitrogens with one attached hydrogen (secondary N) is 2. The van der Waals surface area contributed by atoms with Crippen LogP contribution in [0.2, 0.25) is 0 Å². The van der Waals surface area contributed by atoms with Crippen molar-refractivity contribution in [2.75, 3.05) is 20.2 Å². The van der Waals surface area contributed by atoms with Gasteiger partial charge in [-0.15, -0.1) is 0 Å². The Bertz CT molecular complexity index is 1280. The van der Waals surface area contributed by atoms with E-state index in [0.717, 1.165) is 6.07 Å². The fraction of sp³-hybridized carbons (Fsp3) is 0.481. The fourth-order valence-electron chi connectivity index (χ4n) is 4.41. The molecule has 0 unspecified atom stereocenters. The number of carbonyl (C=O) groups is 2. The van der Waals surface area contributed by atoms with Gasteiger partial charge in [-0.2, -0.15) is 0 Å². The predicted octanol–water partition coefficient (Wildman–Crippen LogP) is 3.34. The first-order valence-corrected chi connectivity index (χ1v) is 14.2. The van der Waals surface area contributed by atoms with Gasteiger partial charge in [-0.25, -0.2) is 22.3 Å². The Balaban J connectivity index is 1.69. The molecule has 0 saturated carbocycles. The number of hydrogen-bond donors (Lipinski definition) is 3. The first-order chi connectivity index (χ1) is 18.3. The van der Waals surface area contributed by atoms with Crippen LogP contribution in [0.5, 0.6) is 11.5 Å². The lowest BCUT2D eigenvalue weighted by atomic mass is 10.0. The van der Waals surface area contributed by atoms with Gasteiger partial charge in [0.25, 0.3) is 0 Å². The molecule has 0 aliphatic carbocycles. The Labute approximate surface area is 228 Å². The average Bonchev–Trinajstić information content (AvgIpc) is 3.32. The SMILES string of the molecule is COc1ccc(S(=O)(=O)NC[C@@H]2CCCN2C(=O)C[C@@H](Cc2ccccc2F)NC(=O)OC(C)(C)C)cc1O. The molecule has 3 rings (SSSR count). The molecule has 2 aromatic carbocycles. The fourth-order valence-corrected chi connectivity index (χ4v) is 5.50. The van der Waals surface area contributed by atoms with Crippen molar-refractivity contribution in [1.29, 1.82) is 0 Å². The molecular weight excluding hydrogens is 529 g/mol. The molecule has 214 valence electrons. The maximum absolute atomic E-state index is 14.4. The topological polar surface area (TPSA) is 134 Å². The lowest BCUT2D eigenvalue weighted by Crippen LogP contribution is -2.47. The lowest BCUT2D eigenvalue weighted by molar-refractivity contribution is -0.132. The van der Waals surface area contributed by atoms with Crippen molar-refractivity contribution in [2.45, 2.75) is 69.0 Å². The molecule has 2 aromatic rings. The molecular formula is C27H36FN3O7S. The van der Waals surface area contributed by atoms with Crippen LogP contribution < -0.4 is 14.8 Å². The number of aromatic hydroxyl groups is 1. The van der Waals surface area contributed by atoms with Crippen LogP contribution in [0.1, 0.15) is 45.6 Å². The highest BCUT2D eigenvalue weighted by molar-refractivity contribution is 7.89. The van der Waals surface area contributed by atoms with E-state index in [1.807, 2.05) is 0 Å². The minimum Gasteiger partial charge on any atom is -0.504 e. The maximum atomic E-state index is 14.4. The second-order valence-corrected chi connectivity index (χ2v) is 12.2. The second-order valence-electron chi connectivity index (χ2n) is 10.4. The second kappa shape index (κ2) is 12.6. The highest BCUT2D eigenvalue weighted by Crippen LogP contribution is 2.28. The van der Waals surface area contributed by atoms with Gasteiger partial charge < -0.3 is 24.8 Å². The Morgan fingerprint density at radius 1 is 1.21 bits per heavy atom. The molecule has 1 aliphatic rings. The highest BCUT2D eigenvalue weighted by atomic mass is 32.2. The Hall–Kier alpha value is -3.38. The number of amides is 2. The van der Waals surface area contributed by atoms with Gasteiger partial charge in [0.05, 0.1) is 12.0 Å². The smallest absolute Gasteiger partial charge is 0.407 e. The van der Waals surface area contributed by atoms with Gasteiger partial charge in [0.15, 0.2) is 11.5 Å². The Morgan fingerprint density at radius 3 is 2.56 bits per heavy atom. The molecule has 0 spiro atoms. The van der Waals surface area contributed by atoms with E-state index in [9.17, 15) is 27.5 Å². The van der Waals surface area contributed by atoms with Crippen LogP contribution in [-0.2, 0) is 26.0 Å². The molecule has 2 atom stereocenters. The standard InChI is InChI=1S/C27H36FN3O7S/c1-27(2,3)38-26(34)30-19(14-18-8-5-6-10-22(18)28)15-25(33)31-13-7-9-20(31)17-29-39(35,36)21-11-12-24(37-4)23(32)16-21/h5-6,8,10-12,16,19-20,29,32H,7,9,13-15,17H2,1-4H3,(H,30,34)/t19-,20+/m1/s1. The van der Waals surface area contributed by atoms with Crippen LogP contribution in [-0.4, -0.2) is 68.3 Å². The van der Waals surface area contributed by atoms with Crippen molar-refractivity contribution in [3.8, 4) is 11.5 Å². The quantitative estimate of drug-likeness (QED) is 0.402. The number of phenolic OH excluding ortho intramolecular Hbond substituents is 1. The van der Waals surface area contributed by atoms with Gasteiger partial charge in [-0.1, -0.05) is 18.2 Å². The molecule has 3 N–H and O–H groups in total. The molecule has 1 fully saturated rings. The van der Waals surface area contributed by atoms with E-state index < -0.39 is 39.6 Å². The Kier molecular flexibility index (Phi) is 9.78. The zero-order chi connectivity index (χ0) is 28.8. The van der Waals surface area contributed by atoms with E-state index in [-0.39, 0.29) is 41.7 Å². The summed E-state index contributed by atoms with van der Waals surface area (Å²) in [5.74, 6) is -0.905. The molecule has 1 saturated heterocycles. The average molecular weight is 566 g/mol. The number of phenols is 1. The zero-order valence-corrected chi connectivity index (χ0v) is 23.4. The minimum atomic E-state index is -3.96. The van der Waals surface area contributed by atoms with E-state index in [4.69, 9.17) is 9.47 Å². The lowest BCUT2D eigenvalue weighted by Gasteiger charge is -2.28. The first kappa shape index (κ1) is 30.2. The number of benzene rings is 2. The summed E-state index contributed by atoms with van der Waals surface area (Å²) in [6.45, 7) is 5.54. The van der Waals surface area contributed by atoms with Gasteiger partial charge in [0.2, 0.25) is 15.9 Å². The number of methoxy groups -OCH3 is 1. The first-order valence-electron chi connectivity index (χ1n) is 12.7. The van der Waals surface area contributed by atoms with Crippen LogP contribution >= 0.6 is 0 Å². The Morgan fingerprint density at radius 2 is 1.92 bits per heavy atom. The monoisotopic (exact) mass is 565 g/mol. The molecule has 2 amide bonds. The van der Waals surface area contributed by atoms with E-state index in [1.165, 1.54) is 25.3 Å². The molecule has 0 radical (unpaired) electrons. The maximum Gasteiger partial charge on any atom is 0.407 e. The van der Waals surface area contributed by atoms with E-state index in [2.05, 4.69) is 10.0 Å². The molecule has 0 bridgehead atoms. The van der Waals surface area contributed by atoms with Gasteiger partial charge in [-0.05, 0) is 63.8 Å².